The highest BCUT2D eigenvalue weighted by atomic mass is 32.1. The first-order valence-corrected chi connectivity index (χ1v) is 8.37. The second kappa shape index (κ2) is 8.13. The van der Waals surface area contributed by atoms with Crippen LogP contribution in [0.2, 0.25) is 0 Å². The molecule has 0 aliphatic carbocycles. The van der Waals surface area contributed by atoms with E-state index in [2.05, 4.69) is 14.5 Å². The number of carboxylic acid groups (broad SMARTS) is 1. The molecule has 2 aromatic heterocycles. The lowest BCUT2D eigenvalue weighted by Crippen LogP contribution is -2.36. The fourth-order valence-corrected chi connectivity index (χ4v) is 3.09. The van der Waals surface area contributed by atoms with Gasteiger partial charge in [-0.25, -0.2) is 9.97 Å². The van der Waals surface area contributed by atoms with Crippen LogP contribution >= 0.6 is 11.3 Å². The molecule has 0 spiro atoms. The molecular formula is C15H22N5O3S+. The summed E-state index contributed by atoms with van der Waals surface area (Å²) >= 11 is 1.62. The molecule has 0 radical (unpaired) electrons. The molecule has 0 saturated carbocycles. The van der Waals surface area contributed by atoms with Crippen LogP contribution in [-0.2, 0) is 22.5 Å². The number of carboxylic acids is 1. The number of thiazole rings is 1. The first kappa shape index (κ1) is 18.2. The molecule has 2 heterocycles. The van der Waals surface area contributed by atoms with Gasteiger partial charge in [0.15, 0.2) is 12.2 Å². The molecule has 24 heavy (non-hydrogen) atoms. The standard InChI is InChI=1S/C15H21N5O3S/c1-9-13(3-4-23-7-12(16)15(21)22)24-8-20(9)6-11-5-18-10(2)19-14(11)17/h5,8,12H,3-4,6-7,16H2,1-2H3,(H2-,17,18,19,21,22)/p+1/t12-/m0/s1. The van der Waals surface area contributed by atoms with Gasteiger partial charge >= 0.3 is 5.97 Å². The molecule has 0 amide bonds. The summed E-state index contributed by atoms with van der Waals surface area (Å²) < 4.78 is 7.42. The number of aromatic nitrogens is 3. The van der Waals surface area contributed by atoms with Crippen molar-refractivity contribution in [3.63, 3.8) is 0 Å². The molecule has 0 fully saturated rings. The molecule has 2 aromatic rings. The molecule has 130 valence electrons. The minimum atomic E-state index is -1.06. The average molecular weight is 352 g/mol. The van der Waals surface area contributed by atoms with Gasteiger partial charge in [0.05, 0.1) is 23.7 Å². The van der Waals surface area contributed by atoms with Crippen LogP contribution in [0.3, 0.4) is 0 Å². The quantitative estimate of drug-likeness (QED) is 0.452. The van der Waals surface area contributed by atoms with E-state index in [1.807, 2.05) is 12.4 Å². The second-order valence-corrected chi connectivity index (χ2v) is 6.40. The van der Waals surface area contributed by atoms with Crippen LogP contribution in [0.4, 0.5) is 5.82 Å². The van der Waals surface area contributed by atoms with Crippen molar-refractivity contribution in [1.29, 1.82) is 0 Å². The Bertz CT molecular complexity index is 719. The van der Waals surface area contributed by atoms with Gasteiger partial charge in [-0.2, -0.15) is 4.57 Å². The number of anilines is 1. The third-order valence-corrected chi connectivity index (χ3v) is 4.75. The summed E-state index contributed by atoms with van der Waals surface area (Å²) in [6.45, 7) is 4.88. The maximum atomic E-state index is 10.6. The van der Waals surface area contributed by atoms with E-state index in [9.17, 15) is 4.79 Å². The van der Waals surface area contributed by atoms with Gasteiger partial charge in [0.2, 0.25) is 5.51 Å². The Morgan fingerprint density at radius 2 is 2.25 bits per heavy atom. The predicted octanol–water partition coefficient (Wildman–Crippen LogP) is 0.0439. The number of nitrogens with zero attached hydrogens (tertiary/aromatic N) is 3. The molecular weight excluding hydrogens is 330 g/mol. The van der Waals surface area contributed by atoms with E-state index in [0.29, 0.717) is 31.2 Å². The fraction of sp³-hybridized carbons (Fsp3) is 0.467. The Hall–Kier alpha value is -2.10. The van der Waals surface area contributed by atoms with Crippen LogP contribution in [0.25, 0.3) is 0 Å². The van der Waals surface area contributed by atoms with Crippen molar-refractivity contribution in [1.82, 2.24) is 9.97 Å². The zero-order valence-corrected chi connectivity index (χ0v) is 14.5. The van der Waals surface area contributed by atoms with Crippen LogP contribution in [0.1, 0.15) is 22.0 Å². The molecule has 0 aromatic carbocycles. The van der Waals surface area contributed by atoms with Crippen molar-refractivity contribution in [3.8, 4) is 0 Å². The van der Waals surface area contributed by atoms with Crippen LogP contribution in [0.5, 0.6) is 0 Å². The van der Waals surface area contributed by atoms with Gasteiger partial charge in [0, 0.05) is 19.5 Å². The van der Waals surface area contributed by atoms with E-state index in [1.165, 1.54) is 4.88 Å². The number of nitrogen functional groups attached to an aromatic ring is 1. The number of hydrogen-bond donors (Lipinski definition) is 3. The highest BCUT2D eigenvalue weighted by molar-refractivity contribution is 7.09. The molecule has 9 heteroatoms. The number of ether oxygens (including phenoxy) is 1. The Morgan fingerprint density at radius 1 is 1.50 bits per heavy atom. The second-order valence-electron chi connectivity index (χ2n) is 5.46. The highest BCUT2D eigenvalue weighted by Gasteiger charge is 2.18. The molecule has 0 saturated heterocycles. The van der Waals surface area contributed by atoms with Gasteiger partial charge in [0.25, 0.3) is 0 Å². The van der Waals surface area contributed by atoms with Gasteiger partial charge in [-0.1, -0.05) is 11.3 Å². The average Bonchev–Trinajstić information content (AvgIpc) is 2.87. The summed E-state index contributed by atoms with van der Waals surface area (Å²) in [5, 5.41) is 8.70. The van der Waals surface area contributed by atoms with E-state index < -0.39 is 12.0 Å². The Labute approximate surface area is 144 Å². The Kier molecular flexibility index (Phi) is 6.18. The predicted molar refractivity (Wildman–Crippen MR) is 89.7 cm³/mol. The fourth-order valence-electron chi connectivity index (χ4n) is 2.11. The van der Waals surface area contributed by atoms with Gasteiger partial charge < -0.3 is 21.3 Å². The van der Waals surface area contributed by atoms with Crippen LogP contribution < -0.4 is 16.0 Å². The van der Waals surface area contributed by atoms with E-state index in [-0.39, 0.29) is 6.61 Å². The van der Waals surface area contributed by atoms with Gasteiger partial charge in [0.1, 0.15) is 17.7 Å². The highest BCUT2D eigenvalue weighted by Crippen LogP contribution is 2.14. The maximum Gasteiger partial charge on any atom is 0.322 e. The first-order valence-electron chi connectivity index (χ1n) is 7.49. The van der Waals surface area contributed by atoms with E-state index in [1.54, 1.807) is 24.5 Å². The van der Waals surface area contributed by atoms with Crippen molar-refractivity contribution >= 4 is 23.1 Å². The number of carbonyl (C=O) groups is 1. The summed E-state index contributed by atoms with van der Waals surface area (Å²) in [7, 11) is 0. The Balaban J connectivity index is 1.92. The van der Waals surface area contributed by atoms with Gasteiger partial charge in [-0.05, 0) is 6.92 Å². The lowest BCUT2D eigenvalue weighted by Gasteiger charge is -2.06. The van der Waals surface area contributed by atoms with E-state index >= 15 is 0 Å². The third-order valence-electron chi connectivity index (χ3n) is 3.60. The molecule has 5 N–H and O–H groups in total. The number of hydrogen-bond acceptors (Lipinski definition) is 7. The number of aryl methyl sites for hydroxylation is 1. The van der Waals surface area contributed by atoms with Crippen molar-refractivity contribution in [2.75, 3.05) is 18.9 Å². The van der Waals surface area contributed by atoms with Crippen LogP contribution in [-0.4, -0.2) is 40.3 Å². The van der Waals surface area contributed by atoms with Gasteiger partial charge in [-0.15, -0.1) is 0 Å². The van der Waals surface area contributed by atoms with E-state index in [0.717, 1.165) is 11.3 Å². The topological polar surface area (TPSA) is 128 Å². The van der Waals surface area contributed by atoms with Gasteiger partial charge in [-0.3, -0.25) is 4.79 Å². The van der Waals surface area contributed by atoms with Crippen molar-refractivity contribution in [2.24, 2.45) is 5.73 Å². The Morgan fingerprint density at radius 3 is 2.92 bits per heavy atom. The zero-order chi connectivity index (χ0) is 17.7. The number of rotatable bonds is 8. The summed E-state index contributed by atoms with van der Waals surface area (Å²) in [4.78, 5) is 20.1. The van der Waals surface area contributed by atoms with Crippen LogP contribution in [0, 0.1) is 13.8 Å². The number of aliphatic carboxylic acids is 1. The molecule has 2 rings (SSSR count). The molecule has 0 aliphatic rings. The monoisotopic (exact) mass is 352 g/mol. The third kappa shape index (κ3) is 4.70. The number of nitrogens with two attached hydrogens (primary N) is 2. The molecule has 8 nitrogen and oxygen atoms in total. The minimum Gasteiger partial charge on any atom is -0.480 e. The maximum absolute atomic E-state index is 10.6. The summed E-state index contributed by atoms with van der Waals surface area (Å²) in [6, 6.07) is -0.983. The molecule has 0 aliphatic heterocycles. The summed E-state index contributed by atoms with van der Waals surface area (Å²) in [5.74, 6) is 0.0897. The normalized spacial score (nSPS) is 12.3. The van der Waals surface area contributed by atoms with Crippen LogP contribution in [0.15, 0.2) is 11.7 Å². The van der Waals surface area contributed by atoms with Crippen molar-refractivity contribution in [2.45, 2.75) is 32.9 Å². The smallest absolute Gasteiger partial charge is 0.322 e. The minimum absolute atomic E-state index is 0.0109. The first-order chi connectivity index (χ1) is 11.4. The lowest BCUT2D eigenvalue weighted by atomic mass is 10.2. The SMILES string of the molecule is Cc1ncc(C[n+]2csc(CCOC[C@H](N)C(=O)O)c2C)c(N)n1. The lowest BCUT2D eigenvalue weighted by molar-refractivity contribution is -0.689. The van der Waals surface area contributed by atoms with Crippen molar-refractivity contribution < 1.29 is 19.2 Å². The van der Waals surface area contributed by atoms with E-state index in [4.69, 9.17) is 21.3 Å². The van der Waals surface area contributed by atoms with Crippen molar-refractivity contribution in [3.05, 3.63) is 33.7 Å². The summed E-state index contributed by atoms with van der Waals surface area (Å²) in [6.07, 6.45) is 2.45. The molecule has 0 bridgehead atoms. The molecule has 0 unspecified atom stereocenters. The zero-order valence-electron chi connectivity index (χ0n) is 13.7. The summed E-state index contributed by atoms with van der Waals surface area (Å²) in [5.41, 5.74) is 15.3. The molecule has 1 atom stereocenters. The largest absolute Gasteiger partial charge is 0.480 e.